The van der Waals surface area contributed by atoms with Crippen LogP contribution < -0.4 is 5.32 Å². The van der Waals surface area contributed by atoms with Crippen molar-refractivity contribution in [3.63, 3.8) is 0 Å². The number of amides is 1. The number of carbonyl (C=O) groups is 2. The van der Waals surface area contributed by atoms with E-state index in [2.05, 4.69) is 46.9 Å². The zero-order valence-electron chi connectivity index (χ0n) is 21.7. The lowest BCUT2D eigenvalue weighted by molar-refractivity contribution is 0.0465. The van der Waals surface area contributed by atoms with Crippen LogP contribution in [0.5, 0.6) is 0 Å². The van der Waals surface area contributed by atoms with Gasteiger partial charge in [-0.15, -0.1) is 0 Å². The van der Waals surface area contributed by atoms with Crippen molar-refractivity contribution < 1.29 is 19.1 Å². The Morgan fingerprint density at radius 1 is 0.676 bits per heavy atom. The first-order valence-corrected chi connectivity index (χ1v) is 12.2. The fourth-order valence-electron chi connectivity index (χ4n) is 3.42. The molecule has 0 aliphatic heterocycles. The lowest BCUT2D eigenvalue weighted by atomic mass is 9.86. The Hall–Kier alpha value is -2.50. The number of rotatable bonds is 12. The summed E-state index contributed by atoms with van der Waals surface area (Å²) in [7, 11) is 0. The highest BCUT2D eigenvalue weighted by molar-refractivity contribution is 5.96. The van der Waals surface area contributed by atoms with Crippen LogP contribution in [0.4, 0.5) is 0 Å². The lowest BCUT2D eigenvalue weighted by Gasteiger charge is -2.19. The second-order valence-electron chi connectivity index (χ2n) is 10.7. The predicted molar refractivity (Wildman–Crippen MR) is 138 cm³/mol. The molecule has 0 spiro atoms. The molecule has 0 heterocycles. The number of Topliss-reactive ketones (excluding diaryl/α,β-unsaturated/α-hetero) is 1. The van der Waals surface area contributed by atoms with Gasteiger partial charge in [-0.1, -0.05) is 77.9 Å². The first-order valence-electron chi connectivity index (χ1n) is 12.2. The molecule has 0 saturated heterocycles. The van der Waals surface area contributed by atoms with E-state index < -0.39 is 0 Å². The van der Waals surface area contributed by atoms with Gasteiger partial charge in [0.25, 0.3) is 5.91 Å². The molecule has 0 fully saturated rings. The highest BCUT2D eigenvalue weighted by Gasteiger charge is 2.15. The van der Waals surface area contributed by atoms with Gasteiger partial charge in [0, 0.05) is 30.7 Å². The van der Waals surface area contributed by atoms with Gasteiger partial charge in [-0.25, -0.2) is 0 Å². The van der Waals surface area contributed by atoms with Crippen molar-refractivity contribution in [3.05, 3.63) is 70.8 Å². The normalized spacial score (nSPS) is 11.9. The van der Waals surface area contributed by atoms with Gasteiger partial charge in [0.15, 0.2) is 5.78 Å². The quantitative estimate of drug-likeness (QED) is 0.321. The Kier molecular flexibility index (Phi) is 10.5. The van der Waals surface area contributed by atoms with Crippen LogP contribution in [-0.4, -0.2) is 44.7 Å². The van der Waals surface area contributed by atoms with Crippen molar-refractivity contribution in [1.29, 1.82) is 0 Å². The summed E-state index contributed by atoms with van der Waals surface area (Å²) >= 11 is 0. The maximum Gasteiger partial charge on any atom is 0.251 e. The van der Waals surface area contributed by atoms with E-state index >= 15 is 0 Å². The van der Waals surface area contributed by atoms with Crippen LogP contribution in [-0.2, 0) is 20.3 Å². The molecule has 5 heteroatoms. The standard InChI is InChI=1S/C29H41NO4/c1-28(2,3)24-13-9-22(10-14-24)26(31)8-7-18-33-20-21-34-19-17-30-27(32)23-11-15-25(16-12-23)29(4,5)6/h9-16H,7-8,17-21H2,1-6H3,(H,30,32). The van der Waals surface area contributed by atoms with Crippen molar-refractivity contribution in [1.82, 2.24) is 5.32 Å². The van der Waals surface area contributed by atoms with E-state index in [0.29, 0.717) is 51.4 Å². The molecule has 0 aliphatic rings. The number of nitrogens with one attached hydrogen (secondary N) is 1. The van der Waals surface area contributed by atoms with Crippen LogP contribution in [0.1, 0.15) is 86.2 Å². The summed E-state index contributed by atoms with van der Waals surface area (Å²) in [6.07, 6.45) is 1.16. The molecule has 2 rings (SSSR count). The third-order valence-electron chi connectivity index (χ3n) is 5.68. The second-order valence-corrected chi connectivity index (χ2v) is 10.7. The summed E-state index contributed by atoms with van der Waals surface area (Å²) in [5, 5.41) is 2.87. The highest BCUT2D eigenvalue weighted by Crippen LogP contribution is 2.23. The predicted octanol–water partition coefficient (Wildman–Crippen LogP) is 5.71. The Balaban J connectivity index is 1.51. The fraction of sp³-hybridized carbons (Fsp3) is 0.517. The molecule has 1 N–H and O–H groups in total. The van der Waals surface area contributed by atoms with E-state index in [4.69, 9.17) is 9.47 Å². The first kappa shape index (κ1) is 27.7. The fourth-order valence-corrected chi connectivity index (χ4v) is 3.42. The summed E-state index contributed by atoms with van der Waals surface area (Å²) in [5.41, 5.74) is 3.98. The van der Waals surface area contributed by atoms with Gasteiger partial charge in [-0.05, 0) is 40.5 Å². The number of hydrogen-bond donors (Lipinski definition) is 1. The van der Waals surface area contributed by atoms with E-state index in [0.717, 1.165) is 5.56 Å². The molecular formula is C29H41NO4. The highest BCUT2D eigenvalue weighted by atomic mass is 16.5. The zero-order valence-corrected chi connectivity index (χ0v) is 21.7. The molecule has 0 bridgehead atoms. The monoisotopic (exact) mass is 467 g/mol. The lowest BCUT2D eigenvalue weighted by Crippen LogP contribution is -2.27. The Morgan fingerprint density at radius 2 is 1.15 bits per heavy atom. The molecule has 0 aromatic heterocycles. The molecule has 0 saturated carbocycles. The first-order chi connectivity index (χ1) is 16.0. The number of hydrogen-bond acceptors (Lipinski definition) is 4. The average molecular weight is 468 g/mol. The maximum absolute atomic E-state index is 12.3. The van der Waals surface area contributed by atoms with Gasteiger partial charge in [-0.3, -0.25) is 9.59 Å². The van der Waals surface area contributed by atoms with Crippen molar-refractivity contribution in [2.24, 2.45) is 0 Å². The van der Waals surface area contributed by atoms with Crippen molar-refractivity contribution in [2.45, 2.75) is 65.2 Å². The van der Waals surface area contributed by atoms with Crippen LogP contribution in [0.2, 0.25) is 0 Å². The number of carbonyl (C=O) groups excluding carboxylic acids is 2. The van der Waals surface area contributed by atoms with E-state index in [1.165, 1.54) is 11.1 Å². The van der Waals surface area contributed by atoms with Crippen molar-refractivity contribution in [2.75, 3.05) is 33.0 Å². The topological polar surface area (TPSA) is 64.6 Å². The van der Waals surface area contributed by atoms with Crippen molar-refractivity contribution >= 4 is 11.7 Å². The molecule has 0 aliphatic carbocycles. The van der Waals surface area contributed by atoms with Gasteiger partial charge in [0.05, 0.1) is 19.8 Å². The Morgan fingerprint density at radius 3 is 1.65 bits per heavy atom. The van der Waals surface area contributed by atoms with Crippen LogP contribution in [0.15, 0.2) is 48.5 Å². The van der Waals surface area contributed by atoms with E-state index in [1.807, 2.05) is 48.5 Å². The summed E-state index contributed by atoms with van der Waals surface area (Å²) in [6, 6.07) is 15.6. The third kappa shape index (κ3) is 9.40. The minimum Gasteiger partial charge on any atom is -0.379 e. The smallest absolute Gasteiger partial charge is 0.251 e. The van der Waals surface area contributed by atoms with Gasteiger partial charge < -0.3 is 14.8 Å². The Labute approximate surface area is 205 Å². The van der Waals surface area contributed by atoms with E-state index in [-0.39, 0.29) is 22.5 Å². The molecule has 1 amide bonds. The van der Waals surface area contributed by atoms with Gasteiger partial charge in [0.2, 0.25) is 0 Å². The minimum absolute atomic E-state index is 0.0683. The second kappa shape index (κ2) is 12.8. The van der Waals surface area contributed by atoms with E-state index in [1.54, 1.807) is 0 Å². The Bertz CT molecular complexity index is 826. The van der Waals surface area contributed by atoms with Crippen LogP contribution in [0.25, 0.3) is 0 Å². The molecule has 5 nitrogen and oxygen atoms in total. The van der Waals surface area contributed by atoms with Gasteiger partial charge >= 0.3 is 0 Å². The molecule has 186 valence electrons. The molecule has 34 heavy (non-hydrogen) atoms. The summed E-state index contributed by atoms with van der Waals surface area (Å²) in [5.74, 6) is 0.0436. The van der Waals surface area contributed by atoms with Crippen molar-refractivity contribution in [3.8, 4) is 0 Å². The van der Waals surface area contributed by atoms with Gasteiger partial charge in [-0.2, -0.15) is 0 Å². The number of benzene rings is 2. The maximum atomic E-state index is 12.3. The summed E-state index contributed by atoms with van der Waals surface area (Å²) < 4.78 is 11.1. The van der Waals surface area contributed by atoms with Gasteiger partial charge in [0.1, 0.15) is 0 Å². The van der Waals surface area contributed by atoms with Crippen LogP contribution in [0.3, 0.4) is 0 Å². The van der Waals surface area contributed by atoms with Crippen LogP contribution in [0, 0.1) is 0 Å². The average Bonchev–Trinajstić information content (AvgIpc) is 2.79. The summed E-state index contributed by atoms with van der Waals surface area (Å²) in [6.45, 7) is 15.3. The SMILES string of the molecule is CC(C)(C)c1ccc(C(=O)CCCOCCOCCNC(=O)c2ccc(C(C)(C)C)cc2)cc1. The largest absolute Gasteiger partial charge is 0.379 e. The van der Waals surface area contributed by atoms with E-state index in [9.17, 15) is 9.59 Å². The molecule has 0 unspecified atom stereocenters. The minimum atomic E-state index is -0.0991. The third-order valence-corrected chi connectivity index (χ3v) is 5.68. The molecule has 2 aromatic rings. The summed E-state index contributed by atoms with van der Waals surface area (Å²) in [4.78, 5) is 24.5. The van der Waals surface area contributed by atoms with Crippen LogP contribution >= 0.6 is 0 Å². The zero-order chi connectivity index (χ0) is 25.2. The molecular weight excluding hydrogens is 426 g/mol. The number of ether oxygens (including phenoxy) is 2. The number of ketones is 1. The molecule has 0 radical (unpaired) electrons. The molecule has 0 atom stereocenters. The molecule has 2 aromatic carbocycles.